The number of benzene rings is 2. The normalized spacial score (nSPS) is 17.1. The van der Waals surface area contributed by atoms with Gasteiger partial charge in [0.1, 0.15) is 0 Å². The molecule has 2 heterocycles. The molecule has 0 spiro atoms. The Morgan fingerprint density at radius 2 is 1.66 bits per heavy atom. The molecule has 174 valence electrons. The fourth-order valence-corrected chi connectivity index (χ4v) is 5.30. The summed E-state index contributed by atoms with van der Waals surface area (Å²) in [5.41, 5.74) is 1.93. The number of hydrogen-bond acceptors (Lipinski definition) is 6. The van der Waals surface area contributed by atoms with Crippen LogP contribution in [0, 0.1) is 0 Å². The van der Waals surface area contributed by atoms with Crippen molar-refractivity contribution in [3.8, 4) is 11.5 Å². The average Bonchev–Trinajstić information content (AvgIpc) is 3.24. The lowest BCUT2D eigenvalue weighted by atomic mass is 9.87. The largest absolute Gasteiger partial charge is 0.454 e. The Morgan fingerprint density at radius 1 is 0.969 bits per heavy atom. The summed E-state index contributed by atoms with van der Waals surface area (Å²) in [5, 5.41) is 0. The molecular formula is C24H32N2O5S. The van der Waals surface area contributed by atoms with Crippen LogP contribution in [0.4, 0.5) is 0 Å². The zero-order valence-electron chi connectivity index (χ0n) is 19.0. The highest BCUT2D eigenvalue weighted by Crippen LogP contribution is 2.33. The van der Waals surface area contributed by atoms with Crippen molar-refractivity contribution in [3.63, 3.8) is 0 Å². The van der Waals surface area contributed by atoms with Crippen molar-refractivity contribution in [1.29, 1.82) is 0 Å². The molecule has 7 nitrogen and oxygen atoms in total. The molecule has 2 aliphatic heterocycles. The summed E-state index contributed by atoms with van der Waals surface area (Å²) >= 11 is 0. The van der Waals surface area contributed by atoms with E-state index in [-0.39, 0.29) is 18.8 Å². The first-order valence-corrected chi connectivity index (χ1v) is 12.5. The van der Waals surface area contributed by atoms with E-state index in [1.165, 1.54) is 0 Å². The molecule has 4 rings (SSSR count). The van der Waals surface area contributed by atoms with Crippen LogP contribution in [0.3, 0.4) is 0 Å². The third-order valence-corrected chi connectivity index (χ3v) is 7.78. The van der Waals surface area contributed by atoms with Crippen molar-refractivity contribution in [2.24, 2.45) is 0 Å². The highest BCUT2D eigenvalue weighted by Gasteiger charge is 2.27. The van der Waals surface area contributed by atoms with Crippen LogP contribution in [0.15, 0.2) is 47.4 Å². The van der Waals surface area contributed by atoms with Gasteiger partial charge in [-0.2, -0.15) is 4.31 Å². The lowest BCUT2D eigenvalue weighted by molar-refractivity contribution is 0.0361. The highest BCUT2D eigenvalue weighted by molar-refractivity contribution is 7.89. The summed E-state index contributed by atoms with van der Waals surface area (Å²) in [6.07, 6.45) is 0. The van der Waals surface area contributed by atoms with E-state index in [4.69, 9.17) is 14.2 Å². The minimum absolute atomic E-state index is 0.0369. The van der Waals surface area contributed by atoms with Crippen LogP contribution >= 0.6 is 0 Å². The molecule has 0 bridgehead atoms. The Labute approximate surface area is 190 Å². The molecule has 8 heteroatoms. The van der Waals surface area contributed by atoms with E-state index in [9.17, 15) is 8.42 Å². The zero-order chi connectivity index (χ0) is 22.8. The fraction of sp³-hybridized carbons (Fsp3) is 0.500. The first kappa shape index (κ1) is 23.0. The van der Waals surface area contributed by atoms with Crippen molar-refractivity contribution in [2.75, 3.05) is 46.2 Å². The van der Waals surface area contributed by atoms with Crippen LogP contribution < -0.4 is 9.47 Å². The number of fused-ring (bicyclic) bond motifs is 1. The Hall–Kier alpha value is -2.13. The number of sulfonamides is 1. The summed E-state index contributed by atoms with van der Waals surface area (Å²) in [4.78, 5) is 2.56. The van der Waals surface area contributed by atoms with Crippen LogP contribution in [0.5, 0.6) is 11.5 Å². The van der Waals surface area contributed by atoms with Crippen molar-refractivity contribution >= 4 is 10.0 Å². The molecule has 0 aromatic heterocycles. The molecule has 0 N–H and O–H groups in total. The van der Waals surface area contributed by atoms with Crippen molar-refractivity contribution in [3.05, 3.63) is 53.6 Å². The van der Waals surface area contributed by atoms with Gasteiger partial charge in [0.15, 0.2) is 11.5 Å². The Morgan fingerprint density at radius 3 is 2.34 bits per heavy atom. The summed E-state index contributed by atoms with van der Waals surface area (Å²) in [6, 6.07) is 12.9. The van der Waals surface area contributed by atoms with Gasteiger partial charge in [-0.1, -0.05) is 39.0 Å². The minimum Gasteiger partial charge on any atom is -0.454 e. The van der Waals surface area contributed by atoms with Crippen LogP contribution in [0.2, 0.25) is 0 Å². The van der Waals surface area contributed by atoms with Gasteiger partial charge in [0.05, 0.1) is 18.1 Å². The Bertz CT molecular complexity index is 1030. The van der Waals surface area contributed by atoms with E-state index in [0.29, 0.717) is 42.7 Å². The van der Waals surface area contributed by atoms with Crippen LogP contribution in [0.1, 0.15) is 31.9 Å². The molecule has 0 unspecified atom stereocenters. The number of ether oxygens (including phenoxy) is 3. The first-order valence-electron chi connectivity index (χ1n) is 11.0. The Kier molecular flexibility index (Phi) is 6.76. The monoisotopic (exact) mass is 460 g/mol. The summed E-state index contributed by atoms with van der Waals surface area (Å²) in [7, 11) is -3.67. The molecular weight excluding hydrogens is 428 g/mol. The van der Waals surface area contributed by atoms with Crippen LogP contribution in [-0.2, 0) is 26.7 Å². The quantitative estimate of drug-likeness (QED) is 0.632. The zero-order valence-corrected chi connectivity index (χ0v) is 19.9. The second-order valence-electron chi connectivity index (χ2n) is 9.25. The van der Waals surface area contributed by atoms with E-state index in [2.05, 4.69) is 25.7 Å². The molecule has 0 saturated carbocycles. The van der Waals surface area contributed by atoms with E-state index in [0.717, 1.165) is 24.2 Å². The molecule has 32 heavy (non-hydrogen) atoms. The Balaban J connectivity index is 1.57. The van der Waals surface area contributed by atoms with E-state index >= 15 is 0 Å². The third kappa shape index (κ3) is 5.26. The predicted molar refractivity (Wildman–Crippen MR) is 123 cm³/mol. The SMILES string of the molecule is CC(C)(C)c1ccc(S(=O)(=O)N(CCN2CCOCC2)Cc2ccc3c(c2)OCO3)cc1. The highest BCUT2D eigenvalue weighted by atomic mass is 32.2. The van der Waals surface area contributed by atoms with Gasteiger partial charge in [0.2, 0.25) is 16.8 Å². The number of morpholine rings is 1. The molecule has 0 atom stereocenters. The molecule has 2 aliphatic rings. The van der Waals surface area contributed by atoms with E-state index in [1.807, 2.05) is 30.3 Å². The molecule has 0 aliphatic carbocycles. The second-order valence-corrected chi connectivity index (χ2v) is 11.2. The number of rotatable bonds is 7. The third-order valence-electron chi connectivity index (χ3n) is 5.92. The average molecular weight is 461 g/mol. The van der Waals surface area contributed by atoms with Crippen molar-refractivity contribution in [1.82, 2.24) is 9.21 Å². The van der Waals surface area contributed by atoms with Gasteiger partial charge in [-0.25, -0.2) is 8.42 Å². The molecule has 2 aromatic rings. The number of hydrogen-bond donors (Lipinski definition) is 0. The maximum absolute atomic E-state index is 13.6. The smallest absolute Gasteiger partial charge is 0.243 e. The standard InChI is InChI=1S/C24H32N2O5S/c1-24(2,3)20-5-7-21(8-6-20)32(27,28)26(11-10-25-12-14-29-15-13-25)17-19-4-9-22-23(16-19)31-18-30-22/h4-9,16H,10-15,17-18H2,1-3H3. The van der Waals surface area contributed by atoms with E-state index in [1.54, 1.807) is 16.4 Å². The van der Waals surface area contributed by atoms with Crippen molar-refractivity contribution < 1.29 is 22.6 Å². The topological polar surface area (TPSA) is 68.3 Å². The van der Waals surface area contributed by atoms with Gasteiger partial charge in [0.25, 0.3) is 0 Å². The summed E-state index contributed by atoms with van der Waals surface area (Å²) in [5.74, 6) is 1.34. The molecule has 1 saturated heterocycles. The minimum atomic E-state index is -3.67. The van der Waals surface area contributed by atoms with Gasteiger partial charge in [0, 0.05) is 32.7 Å². The van der Waals surface area contributed by atoms with Gasteiger partial charge in [-0.15, -0.1) is 0 Å². The lowest BCUT2D eigenvalue weighted by Gasteiger charge is -2.30. The first-order chi connectivity index (χ1) is 15.2. The van der Waals surface area contributed by atoms with Gasteiger partial charge < -0.3 is 14.2 Å². The number of nitrogens with zero attached hydrogens (tertiary/aromatic N) is 2. The van der Waals surface area contributed by atoms with E-state index < -0.39 is 10.0 Å². The second kappa shape index (κ2) is 9.39. The lowest BCUT2D eigenvalue weighted by Crippen LogP contribution is -2.42. The molecule has 0 radical (unpaired) electrons. The van der Waals surface area contributed by atoms with Gasteiger partial charge >= 0.3 is 0 Å². The summed E-state index contributed by atoms with van der Waals surface area (Å²) in [6.45, 7) is 10.9. The van der Waals surface area contributed by atoms with Gasteiger partial charge in [-0.3, -0.25) is 4.90 Å². The van der Waals surface area contributed by atoms with Crippen LogP contribution in [0.25, 0.3) is 0 Å². The summed E-state index contributed by atoms with van der Waals surface area (Å²) < 4.78 is 45.1. The van der Waals surface area contributed by atoms with Crippen LogP contribution in [-0.4, -0.2) is 63.8 Å². The fourth-order valence-electron chi connectivity index (χ4n) is 3.88. The maximum atomic E-state index is 13.6. The molecule has 0 amide bonds. The predicted octanol–water partition coefficient (Wildman–Crippen LogP) is 3.24. The molecule has 2 aromatic carbocycles. The maximum Gasteiger partial charge on any atom is 0.243 e. The van der Waals surface area contributed by atoms with Gasteiger partial charge in [-0.05, 0) is 40.8 Å². The molecule has 1 fully saturated rings. The van der Waals surface area contributed by atoms with Crippen molar-refractivity contribution in [2.45, 2.75) is 37.6 Å².